The smallest absolute Gasteiger partial charge is 0.209 e. The highest BCUT2D eigenvalue weighted by Gasteiger charge is 2.60. The van der Waals surface area contributed by atoms with Crippen molar-refractivity contribution >= 4 is 21.3 Å². The van der Waals surface area contributed by atoms with Gasteiger partial charge in [-0.25, -0.2) is 0 Å². The number of piperidine rings is 1. The molecule has 0 bridgehead atoms. The van der Waals surface area contributed by atoms with Crippen LogP contribution in [0.3, 0.4) is 0 Å². The number of hydrogen-bond donors (Lipinski definition) is 0. The average molecular weight is 146 g/mol. The highest BCUT2D eigenvalue weighted by atomic mass is 16.1. The predicted molar refractivity (Wildman–Crippen MR) is 44.3 cm³/mol. The summed E-state index contributed by atoms with van der Waals surface area (Å²) in [7, 11) is 7.05. The molecule has 11 heavy (non-hydrogen) atoms. The zero-order valence-corrected chi connectivity index (χ0v) is 6.66. The molecule has 1 aliphatic heterocycles. The van der Waals surface area contributed by atoms with Crippen molar-refractivity contribution in [2.75, 3.05) is 0 Å². The number of hydrogen-bond acceptors (Lipinski definition) is 1. The fourth-order valence-electron chi connectivity index (χ4n) is 2.20. The van der Waals surface area contributed by atoms with Crippen LogP contribution in [0.15, 0.2) is 0 Å². The molecule has 1 heterocycles. The summed E-state index contributed by atoms with van der Waals surface area (Å²) in [6.45, 7) is 2.22. The molecule has 1 saturated heterocycles. The number of carbonyl (C=O) groups excluding carboxylic acids is 1. The Hall–Kier alpha value is -0.400. The minimum Gasteiger partial charge on any atom is -0.348 e. The van der Waals surface area contributed by atoms with Crippen LogP contribution in [0, 0.1) is 5.41 Å². The fourth-order valence-corrected chi connectivity index (χ4v) is 2.20. The van der Waals surface area contributed by atoms with Gasteiger partial charge < -0.3 is 4.90 Å². The molecule has 3 radical (unpaired) electrons. The van der Waals surface area contributed by atoms with Gasteiger partial charge in [0.1, 0.15) is 0 Å². The molecule has 55 valence electrons. The maximum atomic E-state index is 10.6. The summed E-state index contributed by atoms with van der Waals surface area (Å²) in [5.41, 5.74) is 0.390. The molecule has 1 saturated carbocycles. The lowest BCUT2D eigenvalue weighted by Gasteiger charge is -2.21. The molecule has 1 amide bonds. The van der Waals surface area contributed by atoms with E-state index < -0.39 is 0 Å². The molecule has 4 heteroatoms. The maximum absolute atomic E-state index is 10.6. The Labute approximate surface area is 69.0 Å². The first-order valence-corrected chi connectivity index (χ1v) is 3.99. The van der Waals surface area contributed by atoms with Gasteiger partial charge in [-0.2, -0.15) is 0 Å². The van der Waals surface area contributed by atoms with E-state index in [9.17, 15) is 4.79 Å². The van der Waals surface area contributed by atoms with Gasteiger partial charge in [-0.05, 0) is 24.2 Å². The van der Waals surface area contributed by atoms with Gasteiger partial charge in [0.2, 0.25) is 6.41 Å². The van der Waals surface area contributed by atoms with Gasteiger partial charge in [-0.15, -0.1) is 0 Å². The van der Waals surface area contributed by atoms with Gasteiger partial charge in [-0.3, -0.25) is 4.79 Å². The number of carbonyl (C=O) groups is 1. The Bertz CT molecular complexity index is 199. The minimum absolute atomic E-state index is 0.191. The van der Waals surface area contributed by atoms with Gasteiger partial charge in [0.25, 0.3) is 0 Å². The SMILES string of the molecule is [B][B]C1CC2(C)CC2N1C=O. The fraction of sp³-hybridized carbons (Fsp3) is 0.857. The van der Waals surface area contributed by atoms with E-state index in [0.29, 0.717) is 11.5 Å². The Morgan fingerprint density at radius 2 is 2.45 bits per heavy atom. The number of amides is 1. The van der Waals surface area contributed by atoms with Gasteiger partial charge >= 0.3 is 0 Å². The summed E-state index contributed by atoms with van der Waals surface area (Å²) >= 11 is 0. The van der Waals surface area contributed by atoms with Crippen molar-refractivity contribution in [3.05, 3.63) is 0 Å². The van der Waals surface area contributed by atoms with Crippen LogP contribution in [-0.4, -0.2) is 38.2 Å². The zero-order chi connectivity index (χ0) is 8.06. The van der Waals surface area contributed by atoms with E-state index in [1.54, 1.807) is 7.17 Å². The van der Waals surface area contributed by atoms with E-state index >= 15 is 0 Å². The predicted octanol–water partition coefficient (Wildman–Crippen LogP) is -0.259. The van der Waals surface area contributed by atoms with Crippen molar-refractivity contribution in [2.24, 2.45) is 5.41 Å². The van der Waals surface area contributed by atoms with Crippen LogP contribution < -0.4 is 0 Å². The van der Waals surface area contributed by atoms with Crippen LogP contribution in [0.1, 0.15) is 19.8 Å². The molecule has 0 N–H and O–H groups in total. The second-order valence-electron chi connectivity index (χ2n) is 3.89. The molecule has 3 atom stereocenters. The van der Waals surface area contributed by atoms with E-state index in [0.717, 1.165) is 19.3 Å². The lowest BCUT2D eigenvalue weighted by molar-refractivity contribution is -0.118. The highest BCUT2D eigenvalue weighted by Crippen LogP contribution is 2.58. The molecule has 2 nitrogen and oxygen atoms in total. The summed E-state index contributed by atoms with van der Waals surface area (Å²) < 4.78 is 0. The molecule has 1 aliphatic carbocycles. The molecule has 2 rings (SSSR count). The summed E-state index contributed by atoms with van der Waals surface area (Å²) in [6, 6.07) is 0.477. The lowest BCUT2D eigenvalue weighted by Crippen LogP contribution is -2.36. The first-order valence-electron chi connectivity index (χ1n) is 3.99. The molecular weight excluding hydrogens is 136 g/mol. The van der Waals surface area contributed by atoms with Crippen LogP contribution in [0.2, 0.25) is 0 Å². The Morgan fingerprint density at radius 1 is 1.73 bits per heavy atom. The molecule has 0 spiro atoms. The zero-order valence-electron chi connectivity index (χ0n) is 6.66. The second kappa shape index (κ2) is 2.05. The van der Waals surface area contributed by atoms with Crippen molar-refractivity contribution < 1.29 is 4.79 Å². The third-order valence-electron chi connectivity index (χ3n) is 3.07. The quantitative estimate of drug-likeness (QED) is 0.388. The van der Waals surface area contributed by atoms with Gasteiger partial charge in [0, 0.05) is 13.8 Å². The van der Waals surface area contributed by atoms with Crippen molar-refractivity contribution in [3.8, 4) is 0 Å². The molecule has 3 unspecified atom stereocenters. The van der Waals surface area contributed by atoms with Gasteiger partial charge in [0.05, 0.1) is 7.17 Å². The first-order chi connectivity index (χ1) is 5.21. The number of nitrogens with zero attached hydrogens (tertiary/aromatic N) is 1. The Balaban J connectivity index is 2.12. The molecular formula is C7H10B2NO. The molecule has 2 aliphatic rings. The normalized spacial score (nSPS) is 46.8. The number of likely N-dealkylation sites (tertiary alicyclic amines) is 1. The van der Waals surface area contributed by atoms with E-state index in [-0.39, 0.29) is 5.94 Å². The van der Waals surface area contributed by atoms with E-state index in [2.05, 4.69) is 6.92 Å². The molecule has 2 fully saturated rings. The summed E-state index contributed by atoms with van der Waals surface area (Å²) in [5, 5.41) is 0. The Morgan fingerprint density at radius 3 is 2.91 bits per heavy atom. The molecule has 0 aromatic heterocycles. The number of fused-ring (bicyclic) bond motifs is 1. The monoisotopic (exact) mass is 146 g/mol. The lowest BCUT2D eigenvalue weighted by atomic mass is 9.49. The van der Waals surface area contributed by atoms with Crippen molar-refractivity contribution in [1.29, 1.82) is 0 Å². The van der Waals surface area contributed by atoms with Gasteiger partial charge in [-0.1, -0.05) is 6.92 Å². The van der Waals surface area contributed by atoms with E-state index in [1.807, 2.05) is 4.90 Å². The molecule has 0 aromatic rings. The summed E-state index contributed by atoms with van der Waals surface area (Å²) in [4.78, 5) is 12.5. The van der Waals surface area contributed by atoms with Crippen LogP contribution in [-0.2, 0) is 4.79 Å². The van der Waals surface area contributed by atoms with Crippen molar-refractivity contribution in [3.63, 3.8) is 0 Å². The first kappa shape index (κ1) is 7.26. The van der Waals surface area contributed by atoms with E-state index in [4.69, 9.17) is 7.74 Å². The van der Waals surface area contributed by atoms with Crippen LogP contribution in [0.25, 0.3) is 0 Å². The van der Waals surface area contributed by atoms with Gasteiger partial charge in [0.15, 0.2) is 0 Å². The number of rotatable bonds is 2. The minimum atomic E-state index is 0.191. The van der Waals surface area contributed by atoms with Crippen molar-refractivity contribution in [2.45, 2.75) is 31.7 Å². The van der Waals surface area contributed by atoms with Crippen LogP contribution in [0.5, 0.6) is 0 Å². The topological polar surface area (TPSA) is 20.3 Å². The summed E-state index contributed by atoms with van der Waals surface area (Å²) in [6.07, 6.45) is 3.14. The Kier molecular flexibility index (Phi) is 1.35. The van der Waals surface area contributed by atoms with Crippen LogP contribution >= 0.6 is 0 Å². The highest BCUT2D eigenvalue weighted by molar-refractivity contribution is 6.90. The maximum Gasteiger partial charge on any atom is 0.209 e. The third-order valence-corrected chi connectivity index (χ3v) is 3.07. The second-order valence-corrected chi connectivity index (χ2v) is 3.89. The molecule has 0 aromatic carbocycles. The summed E-state index contributed by atoms with van der Waals surface area (Å²) in [5.74, 6) is 0.191. The largest absolute Gasteiger partial charge is 0.348 e. The van der Waals surface area contributed by atoms with E-state index in [1.165, 1.54) is 0 Å². The standard InChI is InChI=1S/C7H10B2NO/c1-7-2-5(7)10(4-11)6(3-7)9-8/h4-6H,2-3H2,1H3. The van der Waals surface area contributed by atoms with Crippen molar-refractivity contribution in [1.82, 2.24) is 4.90 Å². The third kappa shape index (κ3) is 0.846. The average Bonchev–Trinajstić information content (AvgIpc) is 2.56. The van der Waals surface area contributed by atoms with Crippen LogP contribution in [0.4, 0.5) is 0 Å².